The Morgan fingerprint density at radius 2 is 2.03 bits per heavy atom. The third kappa shape index (κ3) is 6.35. The maximum absolute atomic E-state index is 14.0. The fourth-order valence-electron chi connectivity index (χ4n) is 3.39. The Kier molecular flexibility index (Phi) is 8.32. The molecule has 0 spiro atoms. The summed E-state index contributed by atoms with van der Waals surface area (Å²) in [4.78, 5) is 24.8. The number of benzene rings is 1. The predicted molar refractivity (Wildman–Crippen MR) is 106 cm³/mol. The van der Waals surface area contributed by atoms with Crippen LogP contribution in [0.3, 0.4) is 0 Å². The van der Waals surface area contributed by atoms with Gasteiger partial charge >= 0.3 is 11.9 Å². The van der Waals surface area contributed by atoms with Crippen LogP contribution in [0.5, 0.6) is 0 Å². The molecule has 7 heteroatoms. The lowest BCUT2D eigenvalue weighted by Crippen LogP contribution is -2.37. The molecule has 2 atom stereocenters. The molecule has 1 aromatic carbocycles. The molecule has 1 N–H and O–H groups in total. The third-order valence-corrected chi connectivity index (χ3v) is 5.11. The Balaban J connectivity index is 1.99. The topological polar surface area (TPSA) is 66.8 Å². The van der Waals surface area contributed by atoms with Crippen molar-refractivity contribution < 1.29 is 28.2 Å². The van der Waals surface area contributed by atoms with Gasteiger partial charge in [0.1, 0.15) is 0 Å². The largest absolute Gasteiger partial charge is 0.465 e. The summed E-state index contributed by atoms with van der Waals surface area (Å²) >= 11 is 0. The highest BCUT2D eigenvalue weighted by Crippen LogP contribution is 2.34. The molecule has 5 nitrogen and oxygen atoms in total. The molecule has 1 heterocycles. The van der Waals surface area contributed by atoms with Gasteiger partial charge in [0.15, 0.2) is 0 Å². The van der Waals surface area contributed by atoms with Gasteiger partial charge in [-0.2, -0.15) is 8.78 Å². The third-order valence-electron chi connectivity index (χ3n) is 5.11. The van der Waals surface area contributed by atoms with E-state index in [0.717, 1.165) is 24.8 Å². The van der Waals surface area contributed by atoms with Crippen molar-refractivity contribution >= 4 is 11.9 Å². The van der Waals surface area contributed by atoms with Crippen molar-refractivity contribution in [3.8, 4) is 0 Å². The zero-order valence-electron chi connectivity index (χ0n) is 16.9. The number of unbranched alkanes of at least 4 members (excludes halogenated alkanes) is 2. The molecule has 29 heavy (non-hydrogen) atoms. The summed E-state index contributed by atoms with van der Waals surface area (Å²) < 4.78 is 32.6. The van der Waals surface area contributed by atoms with Crippen LogP contribution in [-0.4, -0.2) is 53.6 Å². The van der Waals surface area contributed by atoms with Gasteiger partial charge in [-0.3, -0.25) is 4.79 Å². The van der Waals surface area contributed by atoms with Crippen LogP contribution in [0.1, 0.15) is 54.9 Å². The van der Waals surface area contributed by atoms with Crippen molar-refractivity contribution in [3.63, 3.8) is 0 Å². The van der Waals surface area contributed by atoms with E-state index in [1.54, 1.807) is 24.3 Å². The molecule has 160 valence electrons. The van der Waals surface area contributed by atoms with E-state index in [1.807, 2.05) is 0 Å². The molecule has 2 rings (SSSR count). The fourth-order valence-corrected chi connectivity index (χ4v) is 3.39. The highest BCUT2D eigenvalue weighted by atomic mass is 19.3. The Hall–Kier alpha value is -2.28. The van der Waals surface area contributed by atoms with Crippen LogP contribution in [0.25, 0.3) is 0 Å². The normalized spacial score (nSPS) is 19.7. The number of esters is 1. The molecule has 0 aliphatic carbocycles. The number of aliphatic hydroxyl groups excluding tert-OH is 1. The first-order valence-electron chi connectivity index (χ1n) is 10.0. The fraction of sp³-hybridized carbons (Fsp3) is 0.545. The first kappa shape index (κ1) is 23.0. The summed E-state index contributed by atoms with van der Waals surface area (Å²) in [7, 11) is 1.30. The molecule has 1 aromatic rings. The number of ether oxygens (including phenoxy) is 1. The van der Waals surface area contributed by atoms with Crippen molar-refractivity contribution in [2.75, 3.05) is 13.7 Å². The van der Waals surface area contributed by atoms with E-state index >= 15 is 0 Å². The van der Waals surface area contributed by atoms with Gasteiger partial charge < -0.3 is 14.7 Å². The quantitative estimate of drug-likeness (QED) is 0.363. The second-order valence-electron chi connectivity index (χ2n) is 7.36. The Labute approximate surface area is 170 Å². The molecule has 1 aliphatic rings. The summed E-state index contributed by atoms with van der Waals surface area (Å²) in [6.45, 7) is 2.20. The number of hydrogen-bond acceptors (Lipinski definition) is 4. The van der Waals surface area contributed by atoms with Crippen LogP contribution >= 0.6 is 0 Å². The second kappa shape index (κ2) is 10.5. The molecule has 1 aliphatic heterocycles. The number of aliphatic hydroxyl groups is 1. The summed E-state index contributed by atoms with van der Waals surface area (Å²) in [5, 5.41) is 10.0. The van der Waals surface area contributed by atoms with Crippen molar-refractivity contribution in [2.45, 2.75) is 63.5 Å². The van der Waals surface area contributed by atoms with E-state index in [-0.39, 0.29) is 6.54 Å². The molecule has 0 radical (unpaired) electrons. The van der Waals surface area contributed by atoms with Gasteiger partial charge in [0, 0.05) is 13.0 Å². The maximum atomic E-state index is 14.0. The number of halogens is 2. The minimum atomic E-state index is -3.39. The Morgan fingerprint density at radius 3 is 2.66 bits per heavy atom. The van der Waals surface area contributed by atoms with E-state index in [1.165, 1.54) is 24.2 Å². The van der Waals surface area contributed by atoms with Gasteiger partial charge in [0.2, 0.25) is 0 Å². The number of methoxy groups -OCH3 is 1. The van der Waals surface area contributed by atoms with E-state index in [2.05, 4.69) is 11.7 Å². The van der Waals surface area contributed by atoms with Crippen LogP contribution in [0.15, 0.2) is 36.4 Å². The molecule has 0 aromatic heterocycles. The number of rotatable bonds is 10. The van der Waals surface area contributed by atoms with E-state index in [4.69, 9.17) is 0 Å². The standard InChI is InChI=1S/C22H29F2NO4/c1-3-4-5-6-19(26)12-11-18-15-22(23,24)21(28)25(18)14-13-16-7-9-17(10-8-16)20(27)29-2/h7-12,18-19,26H,3-6,13-15H2,1-2H3. The second-order valence-corrected chi connectivity index (χ2v) is 7.36. The highest BCUT2D eigenvalue weighted by molar-refractivity contribution is 5.89. The molecule has 1 amide bonds. The molecular weight excluding hydrogens is 380 g/mol. The summed E-state index contributed by atoms with van der Waals surface area (Å²) in [6, 6.07) is 5.89. The van der Waals surface area contributed by atoms with E-state index in [0.29, 0.717) is 18.4 Å². The average molecular weight is 409 g/mol. The summed E-state index contributed by atoms with van der Waals surface area (Å²) in [6.07, 6.45) is 5.64. The van der Waals surface area contributed by atoms with Gasteiger partial charge in [0.25, 0.3) is 5.91 Å². The molecule has 1 saturated heterocycles. The van der Waals surface area contributed by atoms with Crippen LogP contribution in [0.4, 0.5) is 8.78 Å². The number of hydrogen-bond donors (Lipinski definition) is 1. The smallest absolute Gasteiger partial charge is 0.337 e. The van der Waals surface area contributed by atoms with E-state index in [9.17, 15) is 23.5 Å². The minimum Gasteiger partial charge on any atom is -0.465 e. The number of carbonyl (C=O) groups excluding carboxylic acids is 2. The van der Waals surface area contributed by atoms with Gasteiger partial charge in [-0.05, 0) is 30.5 Å². The van der Waals surface area contributed by atoms with Crippen LogP contribution < -0.4 is 0 Å². The van der Waals surface area contributed by atoms with Gasteiger partial charge in [-0.1, -0.05) is 50.5 Å². The predicted octanol–water partition coefficient (Wildman–Crippen LogP) is 3.75. The van der Waals surface area contributed by atoms with Crippen molar-refractivity contribution in [3.05, 3.63) is 47.5 Å². The van der Waals surface area contributed by atoms with Crippen LogP contribution in [0.2, 0.25) is 0 Å². The number of likely N-dealkylation sites (tertiary alicyclic amines) is 1. The number of alkyl halides is 2. The monoisotopic (exact) mass is 409 g/mol. The lowest BCUT2D eigenvalue weighted by molar-refractivity contribution is -0.148. The number of nitrogens with zero attached hydrogens (tertiary/aromatic N) is 1. The van der Waals surface area contributed by atoms with E-state index < -0.39 is 36.4 Å². The van der Waals surface area contributed by atoms with Crippen molar-refractivity contribution in [2.24, 2.45) is 0 Å². The van der Waals surface area contributed by atoms with Gasteiger partial charge in [-0.15, -0.1) is 0 Å². The highest BCUT2D eigenvalue weighted by Gasteiger charge is 2.52. The van der Waals surface area contributed by atoms with Crippen LogP contribution in [-0.2, 0) is 16.0 Å². The molecular formula is C22H29F2NO4. The lowest BCUT2D eigenvalue weighted by Gasteiger charge is -2.22. The first-order chi connectivity index (χ1) is 13.8. The number of amides is 1. The molecule has 2 unspecified atom stereocenters. The molecule has 0 saturated carbocycles. The zero-order valence-corrected chi connectivity index (χ0v) is 16.9. The Bertz CT molecular complexity index is 718. The first-order valence-corrected chi connectivity index (χ1v) is 10.0. The summed E-state index contributed by atoms with van der Waals surface area (Å²) in [5.41, 5.74) is 1.22. The van der Waals surface area contributed by atoms with Crippen LogP contribution in [0, 0.1) is 0 Å². The SMILES string of the molecule is CCCCCC(O)C=CC1CC(F)(F)C(=O)N1CCc1ccc(C(=O)OC)cc1. The van der Waals surface area contributed by atoms with Gasteiger partial charge in [0.05, 0.1) is 24.8 Å². The van der Waals surface area contributed by atoms with Crippen molar-refractivity contribution in [1.29, 1.82) is 0 Å². The molecule has 0 bridgehead atoms. The minimum absolute atomic E-state index is 0.132. The molecule has 1 fully saturated rings. The van der Waals surface area contributed by atoms with Gasteiger partial charge in [-0.25, -0.2) is 4.79 Å². The number of carbonyl (C=O) groups is 2. The Morgan fingerprint density at radius 1 is 1.34 bits per heavy atom. The summed E-state index contributed by atoms with van der Waals surface area (Å²) in [5.74, 6) is -5.02. The van der Waals surface area contributed by atoms with Crippen molar-refractivity contribution in [1.82, 2.24) is 4.90 Å². The lowest BCUT2D eigenvalue weighted by atomic mass is 10.1. The maximum Gasteiger partial charge on any atom is 0.337 e. The zero-order chi connectivity index (χ0) is 21.4. The average Bonchev–Trinajstić information content (AvgIpc) is 2.93.